The van der Waals surface area contributed by atoms with Gasteiger partial charge in [-0.2, -0.15) is 16.7 Å². The second-order valence-electron chi connectivity index (χ2n) is 5.52. The Kier molecular flexibility index (Phi) is 4.91. The monoisotopic (exact) mass is 298 g/mol. The highest BCUT2D eigenvalue weighted by atomic mass is 32.2. The van der Waals surface area contributed by atoms with Crippen LogP contribution in [0.5, 0.6) is 0 Å². The van der Waals surface area contributed by atoms with Crippen molar-refractivity contribution in [2.45, 2.75) is 45.7 Å². The summed E-state index contributed by atoms with van der Waals surface area (Å²) in [4.78, 5) is 30.3. The molecular formula is C13H22N4O2S. The summed E-state index contributed by atoms with van der Waals surface area (Å²) >= 11 is 1.98. The van der Waals surface area contributed by atoms with E-state index in [2.05, 4.69) is 22.2 Å². The third-order valence-corrected chi connectivity index (χ3v) is 4.76. The molecule has 0 aliphatic carbocycles. The lowest BCUT2D eigenvalue weighted by Gasteiger charge is -2.28. The van der Waals surface area contributed by atoms with Crippen molar-refractivity contribution in [2.24, 2.45) is 5.92 Å². The number of thioether (sulfide) groups is 1. The van der Waals surface area contributed by atoms with Crippen molar-refractivity contribution in [3.63, 3.8) is 0 Å². The molecule has 6 nitrogen and oxygen atoms in total. The Bertz CT molecular complexity index is 529. The van der Waals surface area contributed by atoms with E-state index in [0.717, 1.165) is 17.4 Å². The molecule has 2 N–H and O–H groups in total. The molecule has 0 bridgehead atoms. The van der Waals surface area contributed by atoms with E-state index in [1.807, 2.05) is 11.8 Å². The number of aromatic nitrogens is 3. The fraction of sp³-hybridized carbons (Fsp3) is 0.769. The molecule has 1 aliphatic rings. The Morgan fingerprint density at radius 2 is 1.95 bits per heavy atom. The van der Waals surface area contributed by atoms with Gasteiger partial charge in [0, 0.05) is 12.1 Å². The number of H-pyrrole nitrogens is 1. The minimum atomic E-state index is -0.502. The Morgan fingerprint density at radius 3 is 2.50 bits per heavy atom. The molecule has 1 aliphatic heterocycles. The second kappa shape index (κ2) is 6.47. The van der Waals surface area contributed by atoms with Crippen molar-refractivity contribution in [2.75, 3.05) is 16.8 Å². The molecule has 0 aromatic carbocycles. The Balaban J connectivity index is 2.14. The topological polar surface area (TPSA) is 79.8 Å². The van der Waals surface area contributed by atoms with Crippen LogP contribution in [0.4, 0.5) is 5.95 Å². The van der Waals surface area contributed by atoms with Crippen molar-refractivity contribution >= 4 is 17.7 Å². The molecule has 20 heavy (non-hydrogen) atoms. The maximum atomic E-state index is 11.9. The molecular weight excluding hydrogens is 276 g/mol. The van der Waals surface area contributed by atoms with Crippen LogP contribution in [-0.4, -0.2) is 32.1 Å². The summed E-state index contributed by atoms with van der Waals surface area (Å²) in [5.74, 6) is 3.20. The Hall–Kier alpha value is -1.24. The van der Waals surface area contributed by atoms with Gasteiger partial charge in [0.25, 0.3) is 0 Å². The zero-order valence-corrected chi connectivity index (χ0v) is 13.0. The third-order valence-electron chi connectivity index (χ3n) is 3.71. The van der Waals surface area contributed by atoms with Crippen LogP contribution in [0, 0.1) is 5.92 Å². The van der Waals surface area contributed by atoms with E-state index in [1.54, 1.807) is 13.8 Å². The van der Waals surface area contributed by atoms with E-state index in [0.29, 0.717) is 5.92 Å². The van der Waals surface area contributed by atoms with Crippen LogP contribution in [0.3, 0.4) is 0 Å². The van der Waals surface area contributed by atoms with Gasteiger partial charge < -0.3 is 5.32 Å². The van der Waals surface area contributed by atoms with Gasteiger partial charge in [-0.3, -0.25) is 4.98 Å². The van der Waals surface area contributed by atoms with E-state index in [1.165, 1.54) is 11.5 Å². The summed E-state index contributed by atoms with van der Waals surface area (Å²) < 4.78 is 1.12. The van der Waals surface area contributed by atoms with Crippen LogP contribution in [-0.2, 0) is 0 Å². The molecule has 2 heterocycles. The Morgan fingerprint density at radius 1 is 1.30 bits per heavy atom. The van der Waals surface area contributed by atoms with Gasteiger partial charge in [0.1, 0.15) is 0 Å². The molecule has 1 fully saturated rings. The molecule has 1 saturated heterocycles. The lowest BCUT2D eigenvalue weighted by atomic mass is 9.95. The molecule has 1 atom stereocenters. The zero-order valence-electron chi connectivity index (χ0n) is 12.2. The molecule has 7 heteroatoms. The van der Waals surface area contributed by atoms with Gasteiger partial charge in [-0.15, -0.1) is 0 Å². The average molecular weight is 298 g/mol. The largest absolute Gasteiger partial charge is 0.355 e. The van der Waals surface area contributed by atoms with Gasteiger partial charge in [0.05, 0.1) is 0 Å². The van der Waals surface area contributed by atoms with Crippen LogP contribution in [0.15, 0.2) is 9.59 Å². The molecule has 1 aromatic rings. The fourth-order valence-electron chi connectivity index (χ4n) is 2.50. The van der Waals surface area contributed by atoms with E-state index >= 15 is 0 Å². The van der Waals surface area contributed by atoms with Gasteiger partial charge in [0.2, 0.25) is 5.95 Å². The first kappa shape index (κ1) is 15.2. The normalized spacial score (nSPS) is 18.2. The molecule has 0 saturated carbocycles. The summed E-state index contributed by atoms with van der Waals surface area (Å²) in [6.07, 6.45) is 2.32. The lowest BCUT2D eigenvalue weighted by Crippen LogP contribution is -2.40. The Labute approximate surface area is 122 Å². The summed E-state index contributed by atoms with van der Waals surface area (Å²) in [7, 11) is 0. The first-order chi connectivity index (χ1) is 9.49. The van der Waals surface area contributed by atoms with Gasteiger partial charge >= 0.3 is 11.4 Å². The molecule has 1 unspecified atom stereocenters. The van der Waals surface area contributed by atoms with E-state index in [9.17, 15) is 9.59 Å². The number of hydrogen-bond acceptors (Lipinski definition) is 5. The second-order valence-corrected chi connectivity index (χ2v) is 6.74. The number of nitrogens with one attached hydrogen (secondary N) is 2. The van der Waals surface area contributed by atoms with Gasteiger partial charge in [-0.05, 0) is 51.0 Å². The number of rotatable bonds is 4. The van der Waals surface area contributed by atoms with Crippen LogP contribution >= 0.6 is 11.8 Å². The number of aromatic amines is 1. The van der Waals surface area contributed by atoms with Crippen LogP contribution in [0.25, 0.3) is 0 Å². The van der Waals surface area contributed by atoms with Crippen LogP contribution in [0.2, 0.25) is 0 Å². The maximum absolute atomic E-state index is 11.9. The van der Waals surface area contributed by atoms with Crippen LogP contribution < -0.4 is 16.7 Å². The van der Waals surface area contributed by atoms with Crippen molar-refractivity contribution in [1.82, 2.24) is 14.5 Å². The fourth-order valence-corrected chi connectivity index (χ4v) is 3.64. The predicted octanol–water partition coefficient (Wildman–Crippen LogP) is 1.46. The van der Waals surface area contributed by atoms with Crippen molar-refractivity contribution in [1.29, 1.82) is 0 Å². The summed E-state index contributed by atoms with van der Waals surface area (Å²) in [5, 5.41) is 3.17. The van der Waals surface area contributed by atoms with E-state index in [4.69, 9.17) is 0 Å². The average Bonchev–Trinajstić information content (AvgIpc) is 2.38. The zero-order chi connectivity index (χ0) is 14.7. The highest BCUT2D eigenvalue weighted by Gasteiger charge is 2.21. The number of nitrogens with zero attached hydrogens (tertiary/aromatic N) is 2. The lowest BCUT2D eigenvalue weighted by molar-refractivity contribution is 0.432. The van der Waals surface area contributed by atoms with Crippen molar-refractivity contribution in [3.05, 3.63) is 21.0 Å². The number of hydrogen-bond donors (Lipinski definition) is 2. The highest BCUT2D eigenvalue weighted by molar-refractivity contribution is 7.99. The predicted molar refractivity (Wildman–Crippen MR) is 82.6 cm³/mol. The number of anilines is 1. The molecule has 1 aromatic heterocycles. The maximum Gasteiger partial charge on any atom is 0.355 e. The smallest absolute Gasteiger partial charge is 0.353 e. The molecule has 0 amide bonds. The summed E-state index contributed by atoms with van der Waals surface area (Å²) in [6.45, 7) is 5.65. The van der Waals surface area contributed by atoms with E-state index < -0.39 is 11.4 Å². The molecule has 112 valence electrons. The molecule has 0 radical (unpaired) electrons. The third kappa shape index (κ3) is 3.45. The highest BCUT2D eigenvalue weighted by Crippen LogP contribution is 2.26. The minimum absolute atomic E-state index is 0.194. The van der Waals surface area contributed by atoms with Gasteiger partial charge in [-0.25, -0.2) is 14.2 Å². The quantitative estimate of drug-likeness (QED) is 0.879. The van der Waals surface area contributed by atoms with Crippen LogP contribution in [0.1, 0.15) is 39.7 Å². The van der Waals surface area contributed by atoms with Gasteiger partial charge in [-0.1, -0.05) is 0 Å². The minimum Gasteiger partial charge on any atom is -0.353 e. The van der Waals surface area contributed by atoms with Crippen molar-refractivity contribution in [3.8, 4) is 0 Å². The first-order valence-electron chi connectivity index (χ1n) is 7.06. The standard InChI is InChI=1S/C13H22N4O2S/c1-8(2)17-12(18)15-11(16-13(17)19)14-9(3)10-4-6-20-7-5-10/h8-10H,4-7H2,1-3H3,(H2,14,15,16,18,19). The molecule has 2 rings (SSSR count). The van der Waals surface area contributed by atoms with Gasteiger partial charge in [0.15, 0.2) is 0 Å². The first-order valence-corrected chi connectivity index (χ1v) is 8.21. The van der Waals surface area contributed by atoms with E-state index in [-0.39, 0.29) is 18.0 Å². The SMILES string of the molecule is CC(Nc1nc(=O)n(C(C)C)c(=O)[nH]1)C1CCSCC1. The summed E-state index contributed by atoms with van der Waals surface area (Å²) in [6, 6.07) is 0.00828. The summed E-state index contributed by atoms with van der Waals surface area (Å²) in [5.41, 5.74) is -0.911. The molecule has 0 spiro atoms. The van der Waals surface area contributed by atoms with Crippen molar-refractivity contribution < 1.29 is 0 Å².